The van der Waals surface area contributed by atoms with Gasteiger partial charge in [-0.15, -0.1) is 5.10 Å². The third-order valence-electron chi connectivity index (χ3n) is 3.56. The first kappa shape index (κ1) is 16.4. The molecule has 3 aromatic rings. The second kappa shape index (κ2) is 7.88. The normalized spacial score (nSPS) is 10.1. The van der Waals surface area contributed by atoms with Crippen LogP contribution in [0.1, 0.15) is 12.0 Å². The van der Waals surface area contributed by atoms with Gasteiger partial charge in [0.15, 0.2) is 0 Å². The van der Waals surface area contributed by atoms with Crippen molar-refractivity contribution in [2.24, 2.45) is 0 Å². The van der Waals surface area contributed by atoms with Gasteiger partial charge in [0.05, 0.1) is 18.5 Å². The summed E-state index contributed by atoms with van der Waals surface area (Å²) in [5.74, 6) is 5.66. The standard InChI is InChI=1S/C19H16N4O2/c24-18(20-13-6-9-15-7-2-1-3-8-15)12-14-23-19(25)16-10-4-5-11-17(16)21-22-23/h1-5,7-8,10-11H,12-14H2,(H,20,24). The fourth-order valence-electron chi connectivity index (χ4n) is 2.28. The van der Waals surface area contributed by atoms with Crippen LogP contribution in [0.3, 0.4) is 0 Å². The minimum Gasteiger partial charge on any atom is -0.345 e. The van der Waals surface area contributed by atoms with Gasteiger partial charge in [-0.05, 0) is 24.3 Å². The molecule has 1 aromatic heterocycles. The van der Waals surface area contributed by atoms with Gasteiger partial charge in [0.1, 0.15) is 5.52 Å². The Balaban J connectivity index is 1.54. The van der Waals surface area contributed by atoms with Crippen LogP contribution in [0.5, 0.6) is 0 Å². The van der Waals surface area contributed by atoms with Crippen molar-refractivity contribution in [3.63, 3.8) is 0 Å². The molecule has 0 unspecified atom stereocenters. The Morgan fingerprint density at radius 2 is 1.84 bits per heavy atom. The van der Waals surface area contributed by atoms with E-state index in [1.54, 1.807) is 24.3 Å². The Morgan fingerprint density at radius 3 is 2.68 bits per heavy atom. The average molecular weight is 332 g/mol. The second-order valence-corrected chi connectivity index (χ2v) is 5.33. The van der Waals surface area contributed by atoms with E-state index in [1.807, 2.05) is 30.3 Å². The number of hydrogen-bond acceptors (Lipinski definition) is 4. The Kier molecular flexibility index (Phi) is 5.17. The van der Waals surface area contributed by atoms with Crippen LogP contribution < -0.4 is 10.9 Å². The molecule has 2 aromatic carbocycles. The van der Waals surface area contributed by atoms with Crippen molar-refractivity contribution in [1.82, 2.24) is 20.3 Å². The van der Waals surface area contributed by atoms with E-state index in [2.05, 4.69) is 27.5 Å². The van der Waals surface area contributed by atoms with Gasteiger partial charge < -0.3 is 5.32 Å². The number of aromatic nitrogens is 3. The summed E-state index contributed by atoms with van der Waals surface area (Å²) in [5, 5.41) is 11.0. The largest absolute Gasteiger partial charge is 0.345 e. The van der Waals surface area contributed by atoms with E-state index < -0.39 is 0 Å². The van der Waals surface area contributed by atoms with Gasteiger partial charge in [0, 0.05) is 12.0 Å². The molecule has 0 saturated heterocycles. The summed E-state index contributed by atoms with van der Waals surface area (Å²) in [4.78, 5) is 24.1. The first-order valence-electron chi connectivity index (χ1n) is 7.87. The first-order valence-corrected chi connectivity index (χ1v) is 7.87. The molecule has 0 spiro atoms. The molecule has 0 saturated carbocycles. The number of amides is 1. The van der Waals surface area contributed by atoms with Crippen LogP contribution in [0.15, 0.2) is 59.4 Å². The Morgan fingerprint density at radius 1 is 1.08 bits per heavy atom. The van der Waals surface area contributed by atoms with Crippen LogP contribution >= 0.6 is 0 Å². The van der Waals surface area contributed by atoms with Gasteiger partial charge in [-0.3, -0.25) is 9.59 Å². The summed E-state index contributed by atoms with van der Waals surface area (Å²) in [5.41, 5.74) is 1.20. The minimum atomic E-state index is -0.248. The zero-order chi connectivity index (χ0) is 17.5. The third kappa shape index (κ3) is 4.30. The molecule has 0 fully saturated rings. The highest BCUT2D eigenvalue weighted by molar-refractivity contribution is 5.77. The van der Waals surface area contributed by atoms with E-state index in [0.29, 0.717) is 10.9 Å². The molecule has 3 rings (SSSR count). The molecule has 25 heavy (non-hydrogen) atoms. The van der Waals surface area contributed by atoms with Crippen molar-refractivity contribution in [3.8, 4) is 11.8 Å². The lowest BCUT2D eigenvalue weighted by Gasteiger charge is -2.04. The molecule has 1 N–H and O–H groups in total. The van der Waals surface area contributed by atoms with E-state index in [0.717, 1.165) is 5.56 Å². The Hall–Kier alpha value is -3.46. The molecule has 0 aliphatic rings. The fraction of sp³-hybridized carbons (Fsp3) is 0.158. The zero-order valence-electron chi connectivity index (χ0n) is 13.5. The van der Waals surface area contributed by atoms with E-state index in [-0.39, 0.29) is 31.0 Å². The van der Waals surface area contributed by atoms with Gasteiger partial charge in [0.2, 0.25) is 5.91 Å². The number of nitrogens with zero attached hydrogens (tertiary/aromatic N) is 3. The molecule has 0 aliphatic carbocycles. The highest BCUT2D eigenvalue weighted by atomic mass is 16.2. The smallest absolute Gasteiger partial charge is 0.277 e. The summed E-state index contributed by atoms with van der Waals surface area (Å²) in [7, 11) is 0. The molecule has 1 heterocycles. The van der Waals surface area contributed by atoms with Crippen molar-refractivity contribution in [2.75, 3.05) is 6.54 Å². The monoisotopic (exact) mass is 332 g/mol. The summed E-state index contributed by atoms with van der Waals surface area (Å²) < 4.78 is 1.21. The lowest BCUT2D eigenvalue weighted by molar-refractivity contribution is -0.121. The Bertz CT molecular complexity index is 1000. The molecule has 0 atom stereocenters. The number of fused-ring (bicyclic) bond motifs is 1. The number of hydrogen-bond donors (Lipinski definition) is 1. The highest BCUT2D eigenvalue weighted by Gasteiger charge is 2.07. The van der Waals surface area contributed by atoms with Crippen LogP contribution in [-0.2, 0) is 11.3 Å². The zero-order valence-corrected chi connectivity index (χ0v) is 13.5. The third-order valence-corrected chi connectivity index (χ3v) is 3.56. The van der Waals surface area contributed by atoms with Gasteiger partial charge >= 0.3 is 0 Å². The van der Waals surface area contributed by atoms with E-state index in [4.69, 9.17) is 0 Å². The quantitative estimate of drug-likeness (QED) is 0.732. The molecule has 6 nitrogen and oxygen atoms in total. The molecule has 124 valence electrons. The number of nitrogens with one attached hydrogen (secondary N) is 1. The molecule has 0 aliphatic heterocycles. The van der Waals surface area contributed by atoms with Crippen molar-refractivity contribution in [3.05, 3.63) is 70.5 Å². The maximum Gasteiger partial charge on any atom is 0.277 e. The summed E-state index contributed by atoms with van der Waals surface area (Å²) >= 11 is 0. The van der Waals surface area contributed by atoms with Crippen molar-refractivity contribution >= 4 is 16.8 Å². The number of benzene rings is 2. The predicted molar refractivity (Wildman–Crippen MR) is 94.7 cm³/mol. The van der Waals surface area contributed by atoms with E-state index >= 15 is 0 Å². The molecule has 1 amide bonds. The highest BCUT2D eigenvalue weighted by Crippen LogP contribution is 2.03. The van der Waals surface area contributed by atoms with E-state index in [1.165, 1.54) is 4.68 Å². The SMILES string of the molecule is O=C(CCn1nnc2ccccc2c1=O)NCC#Cc1ccccc1. The fourth-order valence-corrected chi connectivity index (χ4v) is 2.28. The average Bonchev–Trinajstić information content (AvgIpc) is 2.66. The van der Waals surface area contributed by atoms with Crippen LogP contribution in [0.25, 0.3) is 10.9 Å². The summed E-state index contributed by atoms with van der Waals surface area (Å²) in [6, 6.07) is 16.5. The minimum absolute atomic E-state index is 0.139. The van der Waals surface area contributed by atoms with Crippen molar-refractivity contribution < 1.29 is 4.79 Å². The van der Waals surface area contributed by atoms with Crippen LogP contribution in [-0.4, -0.2) is 27.4 Å². The van der Waals surface area contributed by atoms with Gasteiger partial charge in [-0.1, -0.05) is 47.4 Å². The van der Waals surface area contributed by atoms with E-state index in [9.17, 15) is 9.59 Å². The summed E-state index contributed by atoms with van der Waals surface area (Å²) in [6.45, 7) is 0.431. The first-order chi connectivity index (χ1) is 12.2. The molecular weight excluding hydrogens is 316 g/mol. The second-order valence-electron chi connectivity index (χ2n) is 5.33. The Labute approximate surface area is 144 Å². The van der Waals surface area contributed by atoms with Gasteiger partial charge in [-0.25, -0.2) is 4.68 Å². The molecule has 0 radical (unpaired) electrons. The molecule has 6 heteroatoms. The van der Waals surface area contributed by atoms with Crippen molar-refractivity contribution in [2.45, 2.75) is 13.0 Å². The number of carbonyl (C=O) groups is 1. The van der Waals surface area contributed by atoms with Gasteiger partial charge in [-0.2, -0.15) is 0 Å². The number of carbonyl (C=O) groups excluding carboxylic acids is 1. The summed E-state index contributed by atoms with van der Waals surface area (Å²) in [6.07, 6.45) is 0.139. The van der Waals surface area contributed by atoms with Crippen molar-refractivity contribution in [1.29, 1.82) is 0 Å². The maximum atomic E-state index is 12.3. The predicted octanol–water partition coefficient (Wildman–Crippen LogP) is 1.35. The topological polar surface area (TPSA) is 76.9 Å². The van der Waals surface area contributed by atoms with Crippen LogP contribution in [0, 0.1) is 11.8 Å². The maximum absolute atomic E-state index is 12.3. The number of rotatable bonds is 4. The molecular formula is C19H16N4O2. The van der Waals surface area contributed by atoms with Gasteiger partial charge in [0.25, 0.3) is 5.56 Å². The number of aryl methyl sites for hydroxylation is 1. The van der Waals surface area contributed by atoms with Crippen LogP contribution in [0.2, 0.25) is 0 Å². The lowest BCUT2D eigenvalue weighted by Crippen LogP contribution is -2.29. The molecule has 0 bridgehead atoms. The van der Waals surface area contributed by atoms with Crippen LogP contribution in [0.4, 0.5) is 0 Å². The lowest BCUT2D eigenvalue weighted by atomic mass is 10.2.